The number of hydrogen-bond acceptors (Lipinski definition) is 1. The molecule has 2 rings (SSSR count). The van der Waals surface area contributed by atoms with Crippen molar-refractivity contribution in [3.8, 4) is 0 Å². The van der Waals surface area contributed by atoms with Crippen molar-refractivity contribution >= 4 is 11.6 Å². The molecule has 0 aliphatic rings. The second-order valence-corrected chi connectivity index (χ2v) is 5.45. The third-order valence-corrected chi connectivity index (χ3v) is 3.67. The van der Waals surface area contributed by atoms with Crippen LogP contribution in [0.5, 0.6) is 0 Å². The van der Waals surface area contributed by atoms with E-state index in [1.165, 1.54) is 16.7 Å². The summed E-state index contributed by atoms with van der Waals surface area (Å²) in [6.45, 7) is 6.22. The van der Waals surface area contributed by atoms with Gasteiger partial charge in [-0.2, -0.15) is 0 Å². The lowest BCUT2D eigenvalue weighted by Gasteiger charge is -2.14. The monoisotopic (exact) mass is 273 g/mol. The topological polar surface area (TPSA) is 12.0 Å². The van der Waals surface area contributed by atoms with Gasteiger partial charge in [-0.25, -0.2) is 0 Å². The van der Waals surface area contributed by atoms with Gasteiger partial charge in [0.25, 0.3) is 0 Å². The maximum atomic E-state index is 5.96. The zero-order chi connectivity index (χ0) is 13.7. The van der Waals surface area contributed by atoms with E-state index in [1.807, 2.05) is 12.1 Å². The smallest absolute Gasteiger partial charge is 0.0408 e. The van der Waals surface area contributed by atoms with E-state index in [4.69, 9.17) is 11.6 Å². The van der Waals surface area contributed by atoms with Crippen molar-refractivity contribution in [2.75, 3.05) is 6.54 Å². The highest BCUT2D eigenvalue weighted by Crippen LogP contribution is 2.16. The molecule has 0 saturated carbocycles. The third-order valence-electron chi connectivity index (χ3n) is 3.44. The van der Waals surface area contributed by atoms with Gasteiger partial charge >= 0.3 is 0 Å². The predicted octanol–water partition coefficient (Wildman–Crippen LogP) is 4.54. The van der Waals surface area contributed by atoms with E-state index in [-0.39, 0.29) is 0 Å². The summed E-state index contributed by atoms with van der Waals surface area (Å²) in [5.41, 5.74) is 3.93. The van der Waals surface area contributed by atoms with E-state index >= 15 is 0 Å². The lowest BCUT2D eigenvalue weighted by Crippen LogP contribution is -2.20. The molecule has 2 heteroatoms. The average molecular weight is 274 g/mol. The Morgan fingerprint density at radius 2 is 1.84 bits per heavy atom. The van der Waals surface area contributed by atoms with Crippen LogP contribution in [0.2, 0.25) is 5.02 Å². The van der Waals surface area contributed by atoms with Crippen LogP contribution in [0, 0.1) is 6.92 Å². The summed E-state index contributed by atoms with van der Waals surface area (Å²) >= 11 is 5.96. The van der Waals surface area contributed by atoms with Crippen molar-refractivity contribution in [1.29, 1.82) is 0 Å². The first-order valence-corrected chi connectivity index (χ1v) is 7.05. The molecule has 0 saturated heterocycles. The largest absolute Gasteiger partial charge is 0.312 e. The fourth-order valence-corrected chi connectivity index (χ4v) is 2.41. The Bertz CT molecular complexity index is 522. The van der Waals surface area contributed by atoms with E-state index in [1.54, 1.807) is 0 Å². The van der Waals surface area contributed by atoms with E-state index in [2.05, 4.69) is 55.6 Å². The van der Waals surface area contributed by atoms with Crippen molar-refractivity contribution in [1.82, 2.24) is 5.32 Å². The van der Waals surface area contributed by atoms with Gasteiger partial charge in [0.2, 0.25) is 0 Å². The minimum absolute atomic E-state index is 0.522. The van der Waals surface area contributed by atoms with Gasteiger partial charge in [0, 0.05) is 18.1 Å². The fraction of sp³-hybridized carbons (Fsp3) is 0.294. The highest BCUT2D eigenvalue weighted by atomic mass is 35.5. The van der Waals surface area contributed by atoms with Gasteiger partial charge in [0.05, 0.1) is 0 Å². The van der Waals surface area contributed by atoms with Crippen LogP contribution in [0.15, 0.2) is 48.5 Å². The molecule has 100 valence electrons. The molecular weight excluding hydrogens is 254 g/mol. The number of aryl methyl sites for hydroxylation is 1. The molecule has 0 spiro atoms. The zero-order valence-electron chi connectivity index (χ0n) is 11.5. The standard InChI is InChI=1S/C17H20ClN/c1-13-10-17(18)9-8-16(13)12-19-11-14(2)15-6-4-3-5-7-15/h3-10,14,19H,11-12H2,1-2H3. The number of benzene rings is 2. The number of rotatable bonds is 5. The molecular formula is C17H20ClN. The van der Waals surface area contributed by atoms with Crippen LogP contribution >= 0.6 is 11.6 Å². The number of hydrogen-bond donors (Lipinski definition) is 1. The Labute approximate surface area is 120 Å². The molecule has 0 bridgehead atoms. The van der Waals surface area contributed by atoms with Crippen LogP contribution in [-0.2, 0) is 6.54 Å². The van der Waals surface area contributed by atoms with Gasteiger partial charge in [0.1, 0.15) is 0 Å². The van der Waals surface area contributed by atoms with Gasteiger partial charge in [-0.15, -0.1) is 0 Å². The fourth-order valence-electron chi connectivity index (χ4n) is 2.18. The predicted molar refractivity (Wildman–Crippen MR) is 82.8 cm³/mol. The molecule has 0 aliphatic heterocycles. The molecule has 0 aromatic heterocycles. The van der Waals surface area contributed by atoms with Crippen LogP contribution in [-0.4, -0.2) is 6.54 Å². The van der Waals surface area contributed by atoms with Crippen LogP contribution in [0.4, 0.5) is 0 Å². The van der Waals surface area contributed by atoms with Crippen LogP contribution in [0.25, 0.3) is 0 Å². The van der Waals surface area contributed by atoms with E-state index < -0.39 is 0 Å². The highest BCUT2D eigenvalue weighted by molar-refractivity contribution is 6.30. The second kappa shape index (κ2) is 6.74. The summed E-state index contributed by atoms with van der Waals surface area (Å²) in [6.07, 6.45) is 0. The van der Waals surface area contributed by atoms with Crippen LogP contribution in [0.3, 0.4) is 0 Å². The molecule has 0 fully saturated rings. The molecule has 1 N–H and O–H groups in total. The SMILES string of the molecule is Cc1cc(Cl)ccc1CNCC(C)c1ccccc1. The number of halogens is 1. The average Bonchev–Trinajstić information content (AvgIpc) is 2.42. The maximum absolute atomic E-state index is 5.96. The molecule has 1 atom stereocenters. The normalized spacial score (nSPS) is 12.4. The first kappa shape index (κ1) is 14.1. The van der Waals surface area contributed by atoms with Gasteiger partial charge < -0.3 is 5.32 Å². The molecule has 1 nitrogen and oxygen atoms in total. The maximum Gasteiger partial charge on any atom is 0.0408 e. The Hall–Kier alpha value is -1.31. The van der Waals surface area contributed by atoms with Crippen molar-refractivity contribution < 1.29 is 0 Å². The summed E-state index contributed by atoms with van der Waals surface area (Å²) in [5, 5.41) is 4.32. The quantitative estimate of drug-likeness (QED) is 0.843. The number of nitrogens with one attached hydrogen (secondary N) is 1. The minimum atomic E-state index is 0.522. The van der Waals surface area contributed by atoms with Crippen molar-refractivity contribution in [2.24, 2.45) is 0 Å². The first-order chi connectivity index (χ1) is 9.16. The molecule has 2 aromatic rings. The van der Waals surface area contributed by atoms with Crippen LogP contribution in [0.1, 0.15) is 29.5 Å². The summed E-state index contributed by atoms with van der Waals surface area (Å²) in [4.78, 5) is 0. The molecule has 19 heavy (non-hydrogen) atoms. The lowest BCUT2D eigenvalue weighted by atomic mass is 10.0. The van der Waals surface area contributed by atoms with Crippen molar-refractivity contribution in [3.05, 3.63) is 70.2 Å². The summed E-state index contributed by atoms with van der Waals surface area (Å²) in [6, 6.07) is 16.7. The van der Waals surface area contributed by atoms with Gasteiger partial charge in [-0.1, -0.05) is 54.9 Å². The molecule has 0 aliphatic carbocycles. The van der Waals surface area contributed by atoms with E-state index in [9.17, 15) is 0 Å². The third kappa shape index (κ3) is 4.09. The first-order valence-electron chi connectivity index (χ1n) is 6.67. The Morgan fingerprint density at radius 1 is 1.11 bits per heavy atom. The molecule has 0 heterocycles. The minimum Gasteiger partial charge on any atom is -0.312 e. The summed E-state index contributed by atoms with van der Waals surface area (Å²) in [7, 11) is 0. The summed E-state index contributed by atoms with van der Waals surface area (Å²) in [5.74, 6) is 0.522. The van der Waals surface area contributed by atoms with Gasteiger partial charge in [-0.3, -0.25) is 0 Å². The van der Waals surface area contributed by atoms with Crippen molar-refractivity contribution in [2.45, 2.75) is 26.3 Å². The zero-order valence-corrected chi connectivity index (χ0v) is 12.2. The molecule has 0 radical (unpaired) electrons. The Kier molecular flexibility index (Phi) is 5.00. The van der Waals surface area contributed by atoms with Gasteiger partial charge in [0.15, 0.2) is 0 Å². The molecule has 0 amide bonds. The van der Waals surface area contributed by atoms with E-state index in [0.29, 0.717) is 5.92 Å². The Morgan fingerprint density at radius 3 is 2.53 bits per heavy atom. The van der Waals surface area contributed by atoms with Crippen LogP contribution < -0.4 is 5.32 Å². The van der Waals surface area contributed by atoms with E-state index in [0.717, 1.165) is 18.1 Å². The molecule has 1 unspecified atom stereocenters. The molecule has 2 aromatic carbocycles. The second-order valence-electron chi connectivity index (χ2n) is 5.01. The van der Waals surface area contributed by atoms with Crippen molar-refractivity contribution in [3.63, 3.8) is 0 Å². The lowest BCUT2D eigenvalue weighted by molar-refractivity contribution is 0.614. The van der Waals surface area contributed by atoms with Gasteiger partial charge in [-0.05, 0) is 41.7 Å². The highest BCUT2D eigenvalue weighted by Gasteiger charge is 2.05. The Balaban J connectivity index is 1.86. The summed E-state index contributed by atoms with van der Waals surface area (Å²) < 4.78 is 0.